The predicted octanol–water partition coefficient (Wildman–Crippen LogP) is 3.17. The Morgan fingerprint density at radius 3 is 2.52 bits per heavy atom. The molecule has 0 radical (unpaired) electrons. The molecule has 0 saturated heterocycles. The van der Waals surface area contributed by atoms with E-state index >= 15 is 0 Å². The Kier molecular flexibility index (Phi) is 4.90. The summed E-state index contributed by atoms with van der Waals surface area (Å²) in [6.45, 7) is 2.04. The fraction of sp³-hybridized carbons (Fsp3) is 0.278. The average Bonchev–Trinajstić information content (AvgIpc) is 2.54. The van der Waals surface area contributed by atoms with Crippen molar-refractivity contribution in [3.63, 3.8) is 0 Å². The molecule has 1 fully saturated rings. The van der Waals surface area contributed by atoms with E-state index in [1.54, 1.807) is 36.4 Å². The first-order chi connectivity index (χ1) is 11.9. The van der Waals surface area contributed by atoms with Gasteiger partial charge in [-0.3, -0.25) is 14.9 Å². The van der Waals surface area contributed by atoms with Crippen molar-refractivity contribution in [2.75, 3.05) is 5.32 Å². The maximum atomic E-state index is 12.5. The zero-order valence-electron chi connectivity index (χ0n) is 13.8. The van der Waals surface area contributed by atoms with Gasteiger partial charge in [0, 0.05) is 16.7 Å². The van der Waals surface area contributed by atoms with Crippen molar-refractivity contribution in [3.8, 4) is 0 Å². The van der Waals surface area contributed by atoms with Crippen molar-refractivity contribution in [3.05, 3.63) is 63.4 Å². The Morgan fingerprint density at radius 1 is 1.20 bits per heavy atom. The van der Waals surface area contributed by atoms with E-state index in [4.69, 9.17) is 11.6 Å². The van der Waals surface area contributed by atoms with Gasteiger partial charge < -0.3 is 10.3 Å². The second-order valence-corrected chi connectivity index (χ2v) is 6.76. The summed E-state index contributed by atoms with van der Waals surface area (Å²) in [6, 6.07) is 11.3. The van der Waals surface area contributed by atoms with Gasteiger partial charge in [0.05, 0.1) is 5.54 Å². The number of anilines is 1. The number of carbonyl (C=O) groups is 1. The van der Waals surface area contributed by atoms with Gasteiger partial charge in [-0.05, 0) is 56.5 Å². The molecule has 2 aromatic rings. The SMILES string of the molecule is CC1(N=C(NC(=O)c2ccc(Cl)cc2)Nc2cccc(=O)[nH]2)CCC1. The molecule has 1 saturated carbocycles. The molecule has 0 unspecified atom stereocenters. The number of rotatable bonds is 3. The van der Waals surface area contributed by atoms with Gasteiger partial charge in [0.1, 0.15) is 5.82 Å². The molecule has 0 aliphatic heterocycles. The van der Waals surface area contributed by atoms with Gasteiger partial charge in [0.2, 0.25) is 11.5 Å². The molecule has 6 nitrogen and oxygen atoms in total. The zero-order valence-corrected chi connectivity index (χ0v) is 14.6. The summed E-state index contributed by atoms with van der Waals surface area (Å²) in [5.74, 6) is 0.471. The van der Waals surface area contributed by atoms with Crippen LogP contribution in [0.3, 0.4) is 0 Å². The van der Waals surface area contributed by atoms with E-state index in [1.807, 2.05) is 6.92 Å². The molecule has 0 atom stereocenters. The number of amides is 1. The average molecular weight is 359 g/mol. The van der Waals surface area contributed by atoms with Gasteiger partial charge in [-0.15, -0.1) is 0 Å². The van der Waals surface area contributed by atoms with E-state index < -0.39 is 0 Å². The van der Waals surface area contributed by atoms with Gasteiger partial charge in [-0.2, -0.15) is 0 Å². The Balaban J connectivity index is 1.82. The Morgan fingerprint density at radius 2 is 1.92 bits per heavy atom. The molecule has 3 N–H and O–H groups in total. The smallest absolute Gasteiger partial charge is 0.257 e. The summed E-state index contributed by atoms with van der Waals surface area (Å²) in [6.07, 6.45) is 3.03. The molecule has 1 aromatic heterocycles. The number of hydrogen-bond donors (Lipinski definition) is 3. The van der Waals surface area contributed by atoms with E-state index in [0.717, 1.165) is 19.3 Å². The zero-order chi connectivity index (χ0) is 17.9. The molecule has 1 aromatic carbocycles. The maximum absolute atomic E-state index is 12.5. The highest BCUT2D eigenvalue weighted by Gasteiger charge is 2.32. The first kappa shape index (κ1) is 17.2. The summed E-state index contributed by atoms with van der Waals surface area (Å²) in [7, 11) is 0. The number of H-pyrrole nitrogens is 1. The first-order valence-electron chi connectivity index (χ1n) is 8.07. The van der Waals surface area contributed by atoms with Gasteiger partial charge in [0.15, 0.2) is 0 Å². The number of pyridine rings is 1. The number of guanidine groups is 1. The standard InChI is InChI=1S/C18H19ClN4O2/c1-18(10-3-11-18)23-17(21-14-4-2-5-15(24)20-14)22-16(25)12-6-8-13(19)9-7-12/h2,4-9H,3,10-11H2,1H3,(H3,20,21,22,23,24,25). The van der Waals surface area contributed by atoms with Gasteiger partial charge in [-0.25, -0.2) is 4.99 Å². The third kappa shape index (κ3) is 4.48. The van der Waals surface area contributed by atoms with Crippen LogP contribution in [0.2, 0.25) is 5.02 Å². The number of aromatic nitrogens is 1. The monoisotopic (exact) mass is 358 g/mol. The fourth-order valence-corrected chi connectivity index (χ4v) is 2.71. The fourth-order valence-electron chi connectivity index (χ4n) is 2.59. The number of nitrogens with zero attached hydrogens (tertiary/aromatic N) is 1. The first-order valence-corrected chi connectivity index (χ1v) is 8.44. The Labute approximate surface area is 150 Å². The van der Waals surface area contributed by atoms with Crippen LogP contribution in [0.1, 0.15) is 36.5 Å². The lowest BCUT2D eigenvalue weighted by Crippen LogP contribution is -2.41. The molecule has 25 heavy (non-hydrogen) atoms. The second kappa shape index (κ2) is 7.11. The number of aromatic amines is 1. The van der Waals surface area contributed by atoms with Crippen molar-refractivity contribution in [1.29, 1.82) is 0 Å². The lowest BCUT2D eigenvalue weighted by Gasteiger charge is -2.35. The van der Waals surface area contributed by atoms with Crippen LogP contribution in [0.25, 0.3) is 0 Å². The summed E-state index contributed by atoms with van der Waals surface area (Å²) < 4.78 is 0. The number of benzene rings is 1. The van der Waals surface area contributed by atoms with Crippen LogP contribution in [0, 0.1) is 0 Å². The predicted molar refractivity (Wildman–Crippen MR) is 99.3 cm³/mol. The summed E-state index contributed by atoms with van der Waals surface area (Å²) in [5, 5.41) is 6.33. The Hall–Kier alpha value is -2.60. The molecule has 0 bridgehead atoms. The van der Waals surface area contributed by atoms with Crippen LogP contribution in [0.5, 0.6) is 0 Å². The highest BCUT2D eigenvalue weighted by molar-refractivity contribution is 6.30. The van der Waals surface area contributed by atoms with E-state index in [2.05, 4.69) is 20.6 Å². The quantitative estimate of drug-likeness (QED) is 0.581. The summed E-state index contributed by atoms with van der Waals surface area (Å²) in [5.41, 5.74) is 0.0347. The number of aliphatic imine (C=N–C) groups is 1. The van der Waals surface area contributed by atoms with Crippen molar-refractivity contribution >= 4 is 29.3 Å². The molecular formula is C18H19ClN4O2. The van der Waals surface area contributed by atoms with Gasteiger partial charge in [-0.1, -0.05) is 17.7 Å². The largest absolute Gasteiger partial charge is 0.312 e. The highest BCUT2D eigenvalue weighted by Crippen LogP contribution is 2.35. The summed E-state index contributed by atoms with van der Waals surface area (Å²) in [4.78, 5) is 31.2. The number of carbonyl (C=O) groups excluding carboxylic acids is 1. The molecule has 1 heterocycles. The van der Waals surface area contributed by atoms with Gasteiger partial charge in [0.25, 0.3) is 5.91 Å². The van der Waals surface area contributed by atoms with Gasteiger partial charge >= 0.3 is 0 Å². The maximum Gasteiger partial charge on any atom is 0.257 e. The number of halogens is 1. The van der Waals surface area contributed by atoms with Crippen molar-refractivity contribution < 1.29 is 4.79 Å². The van der Waals surface area contributed by atoms with Crippen molar-refractivity contribution in [2.24, 2.45) is 4.99 Å². The molecule has 7 heteroatoms. The third-order valence-electron chi connectivity index (χ3n) is 4.17. The van der Waals surface area contributed by atoms with Crippen LogP contribution in [-0.2, 0) is 0 Å². The lowest BCUT2D eigenvalue weighted by atomic mass is 9.79. The molecule has 1 aliphatic carbocycles. The van der Waals surface area contributed by atoms with Crippen LogP contribution in [-0.4, -0.2) is 22.4 Å². The van der Waals surface area contributed by atoms with Crippen molar-refractivity contribution in [1.82, 2.24) is 10.3 Å². The summed E-state index contributed by atoms with van der Waals surface area (Å²) >= 11 is 5.86. The Bertz CT molecular complexity index is 854. The van der Waals surface area contributed by atoms with E-state index in [-0.39, 0.29) is 17.0 Å². The van der Waals surface area contributed by atoms with E-state index in [9.17, 15) is 9.59 Å². The van der Waals surface area contributed by atoms with Crippen molar-refractivity contribution in [2.45, 2.75) is 31.7 Å². The van der Waals surface area contributed by atoms with E-state index in [1.165, 1.54) is 6.07 Å². The second-order valence-electron chi connectivity index (χ2n) is 6.33. The minimum absolute atomic E-state index is 0.204. The minimum Gasteiger partial charge on any atom is -0.312 e. The van der Waals surface area contributed by atoms with Crippen LogP contribution in [0.15, 0.2) is 52.3 Å². The molecule has 1 aliphatic rings. The normalized spacial score (nSPS) is 16.0. The van der Waals surface area contributed by atoms with E-state index in [0.29, 0.717) is 22.4 Å². The molecular weight excluding hydrogens is 340 g/mol. The molecule has 0 spiro atoms. The molecule has 130 valence electrons. The van der Waals surface area contributed by atoms with Crippen LogP contribution >= 0.6 is 11.6 Å². The molecule has 1 amide bonds. The minimum atomic E-state index is -0.302. The highest BCUT2D eigenvalue weighted by atomic mass is 35.5. The number of hydrogen-bond acceptors (Lipinski definition) is 3. The topological polar surface area (TPSA) is 86.3 Å². The number of nitrogens with one attached hydrogen (secondary N) is 3. The third-order valence-corrected chi connectivity index (χ3v) is 4.42. The van der Waals surface area contributed by atoms with Crippen LogP contribution in [0.4, 0.5) is 5.82 Å². The molecule has 3 rings (SSSR count). The van der Waals surface area contributed by atoms with Crippen LogP contribution < -0.4 is 16.2 Å². The lowest BCUT2D eigenvalue weighted by molar-refractivity contribution is 0.0976.